The number of aryl methyl sites for hydroxylation is 2. The standard InChI is InChI=1S/C21H24N2O2/c1-16-13-17(2)15-18(14-16)7-8-21(24)22-19-5-3-4-6-20(19)23-9-11-25-12-10-23/h3-8,13-15H,9-12H2,1-2H3,(H,22,24)/b8-7+. The second-order valence-corrected chi connectivity index (χ2v) is 6.36. The highest BCUT2D eigenvalue weighted by Crippen LogP contribution is 2.26. The molecule has 4 heteroatoms. The SMILES string of the molecule is Cc1cc(C)cc(/C=C/C(=O)Nc2ccccc2N2CCOCC2)c1. The van der Waals surface area contributed by atoms with Crippen molar-refractivity contribution in [1.82, 2.24) is 0 Å². The first kappa shape index (κ1) is 17.2. The van der Waals surface area contributed by atoms with Gasteiger partial charge in [-0.1, -0.05) is 41.5 Å². The van der Waals surface area contributed by atoms with Crippen molar-refractivity contribution in [2.75, 3.05) is 36.5 Å². The predicted octanol–water partition coefficient (Wildman–Crippen LogP) is 3.79. The zero-order chi connectivity index (χ0) is 17.6. The number of ether oxygens (including phenoxy) is 1. The van der Waals surface area contributed by atoms with Crippen molar-refractivity contribution in [1.29, 1.82) is 0 Å². The third kappa shape index (κ3) is 4.70. The van der Waals surface area contributed by atoms with Gasteiger partial charge < -0.3 is 15.0 Å². The van der Waals surface area contributed by atoms with Gasteiger partial charge in [-0.3, -0.25) is 4.79 Å². The Labute approximate surface area is 149 Å². The van der Waals surface area contributed by atoms with Crippen molar-refractivity contribution >= 4 is 23.4 Å². The summed E-state index contributed by atoms with van der Waals surface area (Å²) in [4.78, 5) is 14.6. The molecule has 25 heavy (non-hydrogen) atoms. The lowest BCUT2D eigenvalue weighted by Gasteiger charge is -2.30. The lowest BCUT2D eigenvalue weighted by atomic mass is 10.1. The first-order valence-corrected chi connectivity index (χ1v) is 8.61. The van der Waals surface area contributed by atoms with E-state index in [9.17, 15) is 4.79 Å². The topological polar surface area (TPSA) is 41.6 Å². The van der Waals surface area contributed by atoms with E-state index in [4.69, 9.17) is 4.74 Å². The molecule has 0 unspecified atom stereocenters. The van der Waals surface area contributed by atoms with Gasteiger partial charge in [0.1, 0.15) is 0 Å². The molecule has 2 aromatic carbocycles. The van der Waals surface area contributed by atoms with E-state index < -0.39 is 0 Å². The first-order valence-electron chi connectivity index (χ1n) is 8.61. The van der Waals surface area contributed by atoms with Crippen LogP contribution in [0.2, 0.25) is 0 Å². The number of nitrogens with zero attached hydrogens (tertiary/aromatic N) is 1. The Morgan fingerprint density at radius 2 is 1.76 bits per heavy atom. The summed E-state index contributed by atoms with van der Waals surface area (Å²) in [5.41, 5.74) is 5.29. The zero-order valence-electron chi connectivity index (χ0n) is 14.8. The summed E-state index contributed by atoms with van der Waals surface area (Å²) in [6, 6.07) is 14.2. The van der Waals surface area contributed by atoms with Gasteiger partial charge in [0, 0.05) is 19.2 Å². The molecule has 1 aliphatic rings. The first-order chi connectivity index (χ1) is 12.1. The monoisotopic (exact) mass is 336 g/mol. The lowest BCUT2D eigenvalue weighted by Crippen LogP contribution is -2.36. The van der Waals surface area contributed by atoms with E-state index in [1.54, 1.807) is 6.08 Å². The van der Waals surface area contributed by atoms with Crippen LogP contribution in [0, 0.1) is 13.8 Å². The molecular formula is C21H24N2O2. The predicted molar refractivity (Wildman–Crippen MR) is 103 cm³/mol. The number of rotatable bonds is 4. The summed E-state index contributed by atoms with van der Waals surface area (Å²) in [7, 11) is 0. The Bertz CT molecular complexity index is 757. The van der Waals surface area contributed by atoms with Gasteiger partial charge >= 0.3 is 0 Å². The third-order valence-corrected chi connectivity index (χ3v) is 4.18. The minimum Gasteiger partial charge on any atom is -0.378 e. The Balaban J connectivity index is 1.71. The molecule has 0 spiro atoms. The fourth-order valence-corrected chi connectivity index (χ4v) is 3.11. The van der Waals surface area contributed by atoms with Gasteiger partial charge in [0.05, 0.1) is 24.6 Å². The van der Waals surface area contributed by atoms with Gasteiger partial charge in [-0.25, -0.2) is 0 Å². The normalized spacial score (nSPS) is 14.7. The highest BCUT2D eigenvalue weighted by Gasteiger charge is 2.15. The van der Waals surface area contributed by atoms with E-state index >= 15 is 0 Å². The fourth-order valence-electron chi connectivity index (χ4n) is 3.11. The van der Waals surface area contributed by atoms with Crippen LogP contribution in [0.15, 0.2) is 48.5 Å². The summed E-state index contributed by atoms with van der Waals surface area (Å²) in [5, 5.41) is 3.00. The minimum absolute atomic E-state index is 0.125. The average Bonchev–Trinajstić information content (AvgIpc) is 2.60. The maximum atomic E-state index is 12.3. The van der Waals surface area contributed by atoms with E-state index in [1.165, 1.54) is 11.1 Å². The van der Waals surface area contributed by atoms with Crippen LogP contribution in [0.25, 0.3) is 6.08 Å². The summed E-state index contributed by atoms with van der Waals surface area (Å²) < 4.78 is 5.41. The number of morpholine rings is 1. The lowest BCUT2D eigenvalue weighted by molar-refractivity contribution is -0.111. The van der Waals surface area contributed by atoms with Crippen molar-refractivity contribution in [2.24, 2.45) is 0 Å². The van der Waals surface area contributed by atoms with Crippen LogP contribution in [-0.4, -0.2) is 32.2 Å². The number of carbonyl (C=O) groups excluding carboxylic acids is 1. The Morgan fingerprint density at radius 1 is 1.08 bits per heavy atom. The van der Waals surface area contributed by atoms with Crippen LogP contribution in [0.5, 0.6) is 0 Å². The Kier molecular flexibility index (Phi) is 5.51. The zero-order valence-corrected chi connectivity index (χ0v) is 14.8. The summed E-state index contributed by atoms with van der Waals surface area (Å²) in [6.07, 6.45) is 3.44. The number of carbonyl (C=O) groups is 1. The van der Waals surface area contributed by atoms with Crippen LogP contribution >= 0.6 is 0 Å². The maximum Gasteiger partial charge on any atom is 0.248 e. The summed E-state index contributed by atoms with van der Waals surface area (Å²) in [5.74, 6) is -0.125. The van der Waals surface area contributed by atoms with Gasteiger partial charge in [-0.2, -0.15) is 0 Å². The van der Waals surface area contributed by atoms with E-state index in [1.807, 2.05) is 30.3 Å². The molecule has 1 heterocycles. The van der Waals surface area contributed by atoms with Crippen molar-refractivity contribution in [2.45, 2.75) is 13.8 Å². The molecule has 0 aromatic heterocycles. The van der Waals surface area contributed by atoms with Gasteiger partial charge in [-0.15, -0.1) is 0 Å². The fraction of sp³-hybridized carbons (Fsp3) is 0.286. The van der Waals surface area contributed by atoms with Gasteiger partial charge in [0.15, 0.2) is 0 Å². The number of anilines is 2. The molecular weight excluding hydrogens is 312 g/mol. The number of hydrogen-bond acceptors (Lipinski definition) is 3. The van der Waals surface area contributed by atoms with Crippen molar-refractivity contribution in [3.63, 3.8) is 0 Å². The molecule has 0 saturated carbocycles. The molecule has 0 aliphatic carbocycles. The molecule has 1 fully saturated rings. The number of nitrogens with one attached hydrogen (secondary N) is 1. The molecule has 0 radical (unpaired) electrons. The molecule has 1 amide bonds. The van der Waals surface area contributed by atoms with E-state index in [0.29, 0.717) is 0 Å². The molecule has 0 bridgehead atoms. The van der Waals surface area contributed by atoms with Crippen molar-refractivity contribution in [3.05, 3.63) is 65.2 Å². The Hall–Kier alpha value is -2.59. The van der Waals surface area contributed by atoms with Gasteiger partial charge in [-0.05, 0) is 37.6 Å². The van der Waals surface area contributed by atoms with Crippen LogP contribution in [0.4, 0.5) is 11.4 Å². The largest absolute Gasteiger partial charge is 0.378 e. The molecule has 1 aliphatic heterocycles. The molecule has 1 saturated heterocycles. The second kappa shape index (κ2) is 7.99. The molecule has 4 nitrogen and oxygen atoms in total. The van der Waals surface area contributed by atoms with E-state index in [2.05, 4.69) is 42.3 Å². The van der Waals surface area contributed by atoms with Crippen LogP contribution in [-0.2, 0) is 9.53 Å². The van der Waals surface area contributed by atoms with Crippen LogP contribution in [0.1, 0.15) is 16.7 Å². The van der Waals surface area contributed by atoms with Crippen LogP contribution in [0.3, 0.4) is 0 Å². The Morgan fingerprint density at radius 3 is 2.48 bits per heavy atom. The van der Waals surface area contributed by atoms with Crippen LogP contribution < -0.4 is 10.2 Å². The number of benzene rings is 2. The minimum atomic E-state index is -0.125. The molecule has 2 aromatic rings. The van der Waals surface area contributed by atoms with Gasteiger partial charge in [0.2, 0.25) is 5.91 Å². The summed E-state index contributed by atoms with van der Waals surface area (Å²) >= 11 is 0. The van der Waals surface area contributed by atoms with E-state index in [-0.39, 0.29) is 5.91 Å². The number of amides is 1. The third-order valence-electron chi connectivity index (χ3n) is 4.18. The van der Waals surface area contributed by atoms with E-state index in [0.717, 1.165) is 43.2 Å². The molecule has 1 N–H and O–H groups in total. The highest BCUT2D eigenvalue weighted by atomic mass is 16.5. The smallest absolute Gasteiger partial charge is 0.248 e. The van der Waals surface area contributed by atoms with Crippen molar-refractivity contribution < 1.29 is 9.53 Å². The van der Waals surface area contributed by atoms with Gasteiger partial charge in [0.25, 0.3) is 0 Å². The number of hydrogen-bond donors (Lipinski definition) is 1. The maximum absolute atomic E-state index is 12.3. The molecule has 130 valence electrons. The second-order valence-electron chi connectivity index (χ2n) is 6.36. The molecule has 0 atom stereocenters. The highest BCUT2D eigenvalue weighted by molar-refractivity contribution is 6.03. The van der Waals surface area contributed by atoms with Crippen molar-refractivity contribution in [3.8, 4) is 0 Å². The quantitative estimate of drug-likeness (QED) is 0.864. The molecule has 3 rings (SSSR count). The number of para-hydroxylation sites is 2. The summed E-state index contributed by atoms with van der Waals surface area (Å²) in [6.45, 7) is 7.23. The average molecular weight is 336 g/mol.